The van der Waals surface area contributed by atoms with E-state index in [1.165, 1.54) is 0 Å². The molecule has 0 spiro atoms. The van der Waals surface area contributed by atoms with E-state index in [9.17, 15) is 0 Å². The topological polar surface area (TPSA) is 57.7 Å². The summed E-state index contributed by atoms with van der Waals surface area (Å²) in [5.74, 6) is 0. The summed E-state index contributed by atoms with van der Waals surface area (Å²) < 4.78 is 2.06. The third-order valence-electron chi connectivity index (χ3n) is 2.71. The van der Waals surface area contributed by atoms with E-state index in [1.54, 1.807) is 12.7 Å². The lowest BCUT2D eigenvalue weighted by Gasteiger charge is -2.30. The van der Waals surface area contributed by atoms with Crippen LogP contribution in [0.3, 0.4) is 0 Å². The first-order chi connectivity index (χ1) is 6.90. The number of rotatable bonds is 2. The first-order valence-corrected chi connectivity index (χ1v) is 4.83. The first-order valence-electron chi connectivity index (χ1n) is 4.83. The maximum absolute atomic E-state index is 8.55. The van der Waals surface area contributed by atoms with E-state index < -0.39 is 0 Å². The molecule has 0 aliphatic carbocycles. The molecule has 0 bridgehead atoms. The normalized spacial score (nSPS) is 19.4. The fourth-order valence-electron chi connectivity index (χ4n) is 1.87. The van der Waals surface area contributed by atoms with Gasteiger partial charge in [0, 0.05) is 19.1 Å². The molecule has 1 aliphatic rings. The smallest absolute Gasteiger partial charge is 0.119 e. The predicted octanol–water partition coefficient (Wildman–Crippen LogP) is 0.439. The van der Waals surface area contributed by atoms with Gasteiger partial charge in [-0.3, -0.25) is 4.90 Å². The van der Waals surface area contributed by atoms with E-state index >= 15 is 0 Å². The van der Waals surface area contributed by atoms with Gasteiger partial charge in [-0.15, -0.1) is 10.2 Å². The highest BCUT2D eigenvalue weighted by atomic mass is 15.2. The number of piperidine rings is 1. The lowest BCUT2D eigenvalue weighted by molar-refractivity contribution is 0.204. The molecule has 74 valence electrons. The third-order valence-corrected chi connectivity index (χ3v) is 2.71. The summed E-state index contributed by atoms with van der Waals surface area (Å²) in [4.78, 5) is 2.18. The van der Waals surface area contributed by atoms with Crippen molar-refractivity contribution in [2.75, 3.05) is 19.6 Å². The monoisotopic (exact) mass is 191 g/mol. The highest BCUT2D eigenvalue weighted by Gasteiger charge is 2.19. The average Bonchev–Trinajstić information content (AvgIpc) is 2.72. The molecule has 0 aromatic carbocycles. The minimum atomic E-state index is 0.514. The van der Waals surface area contributed by atoms with E-state index in [-0.39, 0.29) is 0 Å². The molecule has 2 rings (SSSR count). The van der Waals surface area contributed by atoms with Crippen LogP contribution in [-0.2, 0) is 0 Å². The Hall–Kier alpha value is -1.41. The van der Waals surface area contributed by atoms with Gasteiger partial charge in [0.2, 0.25) is 0 Å². The largest absolute Gasteiger partial charge is 0.317 e. The second kappa shape index (κ2) is 4.20. The highest BCUT2D eigenvalue weighted by molar-refractivity contribution is 4.83. The summed E-state index contributed by atoms with van der Waals surface area (Å²) in [6, 6.07) is 2.70. The molecule has 1 aliphatic heterocycles. The van der Waals surface area contributed by atoms with Crippen LogP contribution in [0.4, 0.5) is 0 Å². The summed E-state index contributed by atoms with van der Waals surface area (Å²) in [6.07, 6.45) is 5.70. The van der Waals surface area contributed by atoms with Crippen molar-refractivity contribution in [1.82, 2.24) is 19.7 Å². The standard InChI is InChI=1S/C9H13N5/c10-3-6-13-4-1-9(2-5-13)14-7-11-12-8-14/h7-9H,1-2,4-6H2. The van der Waals surface area contributed by atoms with Crippen LogP contribution in [0, 0.1) is 11.3 Å². The lowest BCUT2D eigenvalue weighted by atomic mass is 10.1. The van der Waals surface area contributed by atoms with Gasteiger partial charge >= 0.3 is 0 Å². The van der Waals surface area contributed by atoms with Crippen LogP contribution >= 0.6 is 0 Å². The van der Waals surface area contributed by atoms with Crippen LogP contribution in [0.15, 0.2) is 12.7 Å². The number of hydrogen-bond donors (Lipinski definition) is 0. The highest BCUT2D eigenvalue weighted by Crippen LogP contribution is 2.20. The maximum atomic E-state index is 8.55. The van der Waals surface area contributed by atoms with Crippen molar-refractivity contribution >= 4 is 0 Å². The molecule has 1 saturated heterocycles. The predicted molar refractivity (Wildman–Crippen MR) is 50.3 cm³/mol. The summed E-state index contributed by atoms with van der Waals surface area (Å²) in [7, 11) is 0. The third kappa shape index (κ3) is 1.91. The maximum Gasteiger partial charge on any atom is 0.119 e. The van der Waals surface area contributed by atoms with E-state index in [0.717, 1.165) is 25.9 Å². The summed E-state index contributed by atoms with van der Waals surface area (Å²) in [5, 5.41) is 16.2. The van der Waals surface area contributed by atoms with E-state index in [0.29, 0.717) is 12.6 Å². The fourth-order valence-corrected chi connectivity index (χ4v) is 1.87. The molecule has 1 fully saturated rings. The molecular weight excluding hydrogens is 178 g/mol. The quantitative estimate of drug-likeness (QED) is 0.636. The van der Waals surface area contributed by atoms with Crippen LogP contribution in [0.2, 0.25) is 0 Å². The summed E-state index contributed by atoms with van der Waals surface area (Å²) in [5.41, 5.74) is 0. The molecule has 0 saturated carbocycles. The van der Waals surface area contributed by atoms with Gasteiger partial charge in [0.15, 0.2) is 0 Å². The van der Waals surface area contributed by atoms with Gasteiger partial charge in [0.25, 0.3) is 0 Å². The van der Waals surface area contributed by atoms with Crippen LogP contribution in [-0.4, -0.2) is 39.3 Å². The van der Waals surface area contributed by atoms with Crippen LogP contribution in [0.5, 0.6) is 0 Å². The van der Waals surface area contributed by atoms with Crippen molar-refractivity contribution in [3.63, 3.8) is 0 Å². The number of aromatic nitrogens is 3. The van der Waals surface area contributed by atoms with Crippen molar-refractivity contribution in [2.45, 2.75) is 18.9 Å². The molecule has 0 N–H and O–H groups in total. The zero-order valence-electron chi connectivity index (χ0n) is 8.00. The second-order valence-electron chi connectivity index (χ2n) is 3.57. The molecular formula is C9H13N5. The van der Waals surface area contributed by atoms with Crippen molar-refractivity contribution in [1.29, 1.82) is 5.26 Å². The van der Waals surface area contributed by atoms with E-state index in [2.05, 4.69) is 25.7 Å². The number of nitriles is 1. The average molecular weight is 191 g/mol. The lowest BCUT2D eigenvalue weighted by Crippen LogP contribution is -2.34. The van der Waals surface area contributed by atoms with Gasteiger partial charge in [0.05, 0.1) is 12.6 Å². The number of likely N-dealkylation sites (tertiary alicyclic amines) is 1. The van der Waals surface area contributed by atoms with E-state index in [4.69, 9.17) is 5.26 Å². The number of hydrogen-bond acceptors (Lipinski definition) is 4. The SMILES string of the molecule is N#CCN1CCC(n2cnnc2)CC1. The molecule has 0 radical (unpaired) electrons. The minimum Gasteiger partial charge on any atom is -0.317 e. The first kappa shape index (κ1) is 9.16. The molecule has 0 atom stereocenters. The molecule has 14 heavy (non-hydrogen) atoms. The molecule has 5 heteroatoms. The second-order valence-corrected chi connectivity index (χ2v) is 3.57. The van der Waals surface area contributed by atoms with Crippen molar-refractivity contribution < 1.29 is 0 Å². The van der Waals surface area contributed by atoms with E-state index in [1.807, 2.05) is 0 Å². The van der Waals surface area contributed by atoms with Gasteiger partial charge in [0.1, 0.15) is 12.7 Å². The Morgan fingerprint density at radius 2 is 1.93 bits per heavy atom. The Morgan fingerprint density at radius 3 is 2.50 bits per heavy atom. The van der Waals surface area contributed by atoms with Crippen molar-refractivity contribution in [2.24, 2.45) is 0 Å². The Labute approximate surface area is 83.0 Å². The molecule has 1 aromatic rings. The Balaban J connectivity index is 1.88. The Kier molecular flexibility index (Phi) is 2.75. The summed E-state index contributed by atoms with van der Waals surface area (Å²) in [6.45, 7) is 2.54. The van der Waals surface area contributed by atoms with Gasteiger partial charge in [-0.25, -0.2) is 0 Å². The van der Waals surface area contributed by atoms with Crippen LogP contribution in [0.1, 0.15) is 18.9 Å². The zero-order chi connectivity index (χ0) is 9.80. The fraction of sp³-hybridized carbons (Fsp3) is 0.667. The molecule has 0 amide bonds. The van der Waals surface area contributed by atoms with Crippen LogP contribution < -0.4 is 0 Å². The minimum absolute atomic E-state index is 0.514. The van der Waals surface area contributed by atoms with Gasteiger partial charge in [-0.2, -0.15) is 5.26 Å². The van der Waals surface area contributed by atoms with Gasteiger partial charge < -0.3 is 4.57 Å². The summed E-state index contributed by atoms with van der Waals surface area (Å²) >= 11 is 0. The molecule has 0 unspecified atom stereocenters. The Morgan fingerprint density at radius 1 is 1.29 bits per heavy atom. The van der Waals surface area contributed by atoms with Crippen LogP contribution in [0.25, 0.3) is 0 Å². The molecule has 5 nitrogen and oxygen atoms in total. The van der Waals surface area contributed by atoms with Crippen molar-refractivity contribution in [3.05, 3.63) is 12.7 Å². The number of nitrogens with zero attached hydrogens (tertiary/aromatic N) is 5. The zero-order valence-corrected chi connectivity index (χ0v) is 8.00. The van der Waals surface area contributed by atoms with Crippen molar-refractivity contribution in [3.8, 4) is 6.07 Å². The molecule has 1 aromatic heterocycles. The molecule has 2 heterocycles. The van der Waals surface area contributed by atoms with Gasteiger partial charge in [-0.05, 0) is 12.8 Å². The Bertz CT molecular complexity index is 304. The van der Waals surface area contributed by atoms with Gasteiger partial charge in [-0.1, -0.05) is 0 Å².